The van der Waals surface area contributed by atoms with E-state index in [0.29, 0.717) is 5.12 Å². The SMILES string of the molecule is CSN1C=C(O)N2C(=N1)N=CN2[N+](=O)[O-]. The zero-order valence-corrected chi connectivity index (χ0v) is 8.33. The van der Waals surface area contributed by atoms with Crippen molar-refractivity contribution in [3.05, 3.63) is 22.2 Å². The third-order valence-electron chi connectivity index (χ3n) is 1.66. The topological polar surface area (TPSA) is 97.8 Å². The van der Waals surface area contributed by atoms with Crippen LogP contribution in [0.25, 0.3) is 0 Å². The highest BCUT2D eigenvalue weighted by molar-refractivity contribution is 7.96. The Bertz CT molecular complexity index is 392. The van der Waals surface area contributed by atoms with Crippen LogP contribution in [0.4, 0.5) is 0 Å². The largest absolute Gasteiger partial charge is 0.492 e. The summed E-state index contributed by atoms with van der Waals surface area (Å²) < 4.78 is 1.35. The number of nitro groups is 1. The molecule has 0 aliphatic carbocycles. The lowest BCUT2D eigenvalue weighted by molar-refractivity contribution is -0.659. The molecule has 0 bridgehead atoms. The van der Waals surface area contributed by atoms with E-state index in [1.54, 1.807) is 6.26 Å². The lowest BCUT2D eigenvalue weighted by Gasteiger charge is -2.24. The number of aliphatic imine (C=N–C) groups is 1. The molecule has 0 radical (unpaired) electrons. The molecule has 0 unspecified atom stereocenters. The standard InChI is InChI=1S/C5H6N6O3S/c1-15-8-2-4(12)10-5(7-8)6-3-9(10)11(13)14/h2-3,12H,1H3. The highest BCUT2D eigenvalue weighted by Gasteiger charge is 2.37. The van der Waals surface area contributed by atoms with Gasteiger partial charge in [0.2, 0.25) is 5.88 Å². The lowest BCUT2D eigenvalue weighted by Crippen LogP contribution is -2.45. The minimum Gasteiger partial charge on any atom is -0.492 e. The van der Waals surface area contributed by atoms with E-state index in [2.05, 4.69) is 10.1 Å². The molecule has 0 spiro atoms. The van der Waals surface area contributed by atoms with E-state index in [1.165, 1.54) is 22.6 Å². The Morgan fingerprint density at radius 3 is 3.00 bits per heavy atom. The van der Waals surface area contributed by atoms with E-state index < -0.39 is 5.03 Å². The van der Waals surface area contributed by atoms with E-state index >= 15 is 0 Å². The van der Waals surface area contributed by atoms with Gasteiger partial charge in [0, 0.05) is 11.4 Å². The van der Waals surface area contributed by atoms with Gasteiger partial charge < -0.3 is 5.11 Å². The maximum atomic E-state index is 10.5. The van der Waals surface area contributed by atoms with Crippen molar-refractivity contribution >= 4 is 24.2 Å². The molecule has 0 saturated heterocycles. The maximum absolute atomic E-state index is 10.5. The average molecular weight is 230 g/mol. The van der Waals surface area contributed by atoms with Crippen molar-refractivity contribution < 1.29 is 10.1 Å². The maximum Gasteiger partial charge on any atom is 0.277 e. The molecule has 0 atom stereocenters. The van der Waals surface area contributed by atoms with Gasteiger partial charge in [-0.05, 0) is 11.9 Å². The van der Waals surface area contributed by atoms with Crippen molar-refractivity contribution in [1.29, 1.82) is 0 Å². The molecule has 0 aromatic carbocycles. The summed E-state index contributed by atoms with van der Waals surface area (Å²) in [6, 6.07) is 0. The van der Waals surface area contributed by atoms with E-state index in [9.17, 15) is 15.2 Å². The monoisotopic (exact) mass is 230 g/mol. The second-order valence-corrected chi connectivity index (χ2v) is 3.23. The van der Waals surface area contributed by atoms with Crippen LogP contribution in [0.2, 0.25) is 0 Å². The molecule has 2 aliphatic heterocycles. The van der Waals surface area contributed by atoms with Gasteiger partial charge in [-0.3, -0.25) is 0 Å². The molecule has 0 aromatic rings. The highest BCUT2D eigenvalue weighted by Crippen LogP contribution is 2.22. The van der Waals surface area contributed by atoms with Gasteiger partial charge in [0.25, 0.3) is 5.96 Å². The van der Waals surface area contributed by atoms with E-state index in [1.807, 2.05) is 0 Å². The minimum absolute atomic E-state index is 0.0426. The number of fused-ring (bicyclic) bond motifs is 1. The summed E-state index contributed by atoms with van der Waals surface area (Å²) in [6.45, 7) is 0. The molecule has 0 amide bonds. The predicted molar refractivity (Wildman–Crippen MR) is 52.7 cm³/mol. The van der Waals surface area contributed by atoms with Crippen LogP contribution in [-0.4, -0.2) is 43.2 Å². The van der Waals surface area contributed by atoms with Gasteiger partial charge in [0.1, 0.15) is 0 Å². The average Bonchev–Trinajstić information content (AvgIpc) is 2.61. The number of aliphatic hydroxyl groups is 1. The van der Waals surface area contributed by atoms with Crippen molar-refractivity contribution in [2.45, 2.75) is 0 Å². The normalized spacial score (nSPS) is 18.9. The Kier molecular flexibility index (Phi) is 2.11. The number of aliphatic hydroxyl groups excluding tert-OH is 1. The number of hydrazone groups is 1. The van der Waals surface area contributed by atoms with E-state index in [4.69, 9.17) is 0 Å². The Balaban J connectivity index is 2.31. The Hall–Kier alpha value is -1.97. The summed E-state index contributed by atoms with van der Waals surface area (Å²) in [5, 5.41) is 24.7. The molecule has 2 rings (SSSR count). The molecule has 9 nitrogen and oxygen atoms in total. The molecule has 2 aliphatic rings. The van der Waals surface area contributed by atoms with Gasteiger partial charge in [0.15, 0.2) is 11.4 Å². The number of guanidine groups is 1. The molecular formula is C5H6N6O3S. The molecule has 0 aromatic heterocycles. The molecule has 10 heteroatoms. The zero-order valence-electron chi connectivity index (χ0n) is 7.51. The third kappa shape index (κ3) is 1.44. The fraction of sp³-hybridized carbons (Fsp3) is 0.200. The fourth-order valence-electron chi connectivity index (χ4n) is 1.06. The second-order valence-electron chi connectivity index (χ2n) is 2.49. The summed E-state index contributed by atoms with van der Waals surface area (Å²) >= 11 is 1.23. The van der Waals surface area contributed by atoms with Crippen molar-refractivity contribution in [1.82, 2.24) is 14.5 Å². The van der Waals surface area contributed by atoms with Gasteiger partial charge >= 0.3 is 0 Å². The summed E-state index contributed by atoms with van der Waals surface area (Å²) in [5.74, 6) is -0.274. The first-order valence-electron chi connectivity index (χ1n) is 3.74. The third-order valence-corrected chi connectivity index (χ3v) is 2.22. The van der Waals surface area contributed by atoms with Gasteiger partial charge in [0.05, 0.1) is 6.20 Å². The van der Waals surface area contributed by atoms with E-state index in [-0.39, 0.29) is 11.8 Å². The first-order chi connectivity index (χ1) is 7.13. The molecule has 0 fully saturated rings. The zero-order chi connectivity index (χ0) is 11.0. The molecule has 1 N–H and O–H groups in total. The van der Waals surface area contributed by atoms with Crippen LogP contribution in [0.15, 0.2) is 22.2 Å². The highest BCUT2D eigenvalue weighted by atomic mass is 32.2. The molecular weight excluding hydrogens is 224 g/mol. The van der Waals surface area contributed by atoms with Crippen LogP contribution in [-0.2, 0) is 0 Å². The van der Waals surface area contributed by atoms with Gasteiger partial charge in [-0.2, -0.15) is 4.99 Å². The molecule has 2 heterocycles. The van der Waals surface area contributed by atoms with Gasteiger partial charge in [-0.25, -0.2) is 14.5 Å². The van der Waals surface area contributed by atoms with Crippen molar-refractivity contribution in [3.63, 3.8) is 0 Å². The Morgan fingerprint density at radius 1 is 1.67 bits per heavy atom. The molecule has 80 valence electrons. The van der Waals surface area contributed by atoms with Crippen LogP contribution in [0.5, 0.6) is 0 Å². The summed E-state index contributed by atoms with van der Waals surface area (Å²) in [4.78, 5) is 14.2. The first kappa shape index (κ1) is 9.58. The van der Waals surface area contributed by atoms with E-state index in [0.717, 1.165) is 11.3 Å². The smallest absolute Gasteiger partial charge is 0.277 e. The molecule has 15 heavy (non-hydrogen) atoms. The summed E-state index contributed by atoms with van der Waals surface area (Å²) in [6.07, 6.45) is 3.96. The summed E-state index contributed by atoms with van der Waals surface area (Å²) in [5.41, 5.74) is 0. The lowest BCUT2D eigenvalue weighted by atomic mass is 10.7. The number of hydrogen-bond acceptors (Lipinski definition) is 8. The first-order valence-corrected chi connectivity index (χ1v) is 4.92. The van der Waals surface area contributed by atoms with Crippen molar-refractivity contribution in [2.24, 2.45) is 10.1 Å². The van der Waals surface area contributed by atoms with Crippen LogP contribution in [0.3, 0.4) is 0 Å². The van der Waals surface area contributed by atoms with Crippen LogP contribution in [0.1, 0.15) is 0 Å². The Labute approximate surface area is 88.2 Å². The van der Waals surface area contributed by atoms with Crippen LogP contribution < -0.4 is 0 Å². The van der Waals surface area contributed by atoms with Crippen LogP contribution in [0, 0.1) is 10.1 Å². The number of rotatable bonds is 2. The van der Waals surface area contributed by atoms with Crippen molar-refractivity contribution in [2.75, 3.05) is 6.26 Å². The predicted octanol–water partition coefficient (Wildman–Crippen LogP) is -0.0395. The number of hydrazine groups is 2. The fourth-order valence-corrected chi connectivity index (χ4v) is 1.41. The number of hydrogen-bond donors (Lipinski definition) is 1. The Morgan fingerprint density at radius 2 is 2.40 bits per heavy atom. The van der Waals surface area contributed by atoms with Gasteiger partial charge in [-0.1, -0.05) is 0 Å². The number of nitrogens with zero attached hydrogens (tertiary/aromatic N) is 6. The van der Waals surface area contributed by atoms with Crippen molar-refractivity contribution in [3.8, 4) is 0 Å². The second kappa shape index (κ2) is 3.31. The minimum atomic E-state index is -0.717. The van der Waals surface area contributed by atoms with Crippen LogP contribution >= 0.6 is 11.9 Å². The molecule has 0 saturated carbocycles. The summed E-state index contributed by atoms with van der Waals surface area (Å²) in [7, 11) is 0. The quantitative estimate of drug-likeness (QED) is 0.403. The van der Waals surface area contributed by atoms with Gasteiger partial charge in [-0.15, -0.1) is 10.1 Å².